The highest BCUT2D eigenvalue weighted by Crippen LogP contribution is 2.24. The lowest BCUT2D eigenvalue weighted by molar-refractivity contribution is 0.0980. The monoisotopic (exact) mass is 237 g/mol. The lowest BCUT2D eigenvalue weighted by Gasteiger charge is -2.04. The first kappa shape index (κ1) is 12.0. The van der Waals surface area contributed by atoms with Crippen LogP contribution in [0.5, 0.6) is 0 Å². The van der Waals surface area contributed by atoms with Crippen molar-refractivity contribution in [2.75, 3.05) is 6.54 Å². The zero-order chi connectivity index (χ0) is 11.6. The van der Waals surface area contributed by atoms with Gasteiger partial charge in [-0.15, -0.1) is 0 Å². The first-order chi connectivity index (χ1) is 6.99. The van der Waals surface area contributed by atoms with Gasteiger partial charge in [0, 0.05) is 6.42 Å². The number of rotatable bonds is 3. The molecule has 6 heteroatoms. The summed E-state index contributed by atoms with van der Waals surface area (Å²) in [6.07, 6.45) is -0.183. The third-order valence-electron chi connectivity index (χ3n) is 1.77. The zero-order valence-corrected chi connectivity index (χ0v) is 8.24. The fourth-order valence-corrected chi connectivity index (χ4v) is 1.18. The van der Waals surface area contributed by atoms with Gasteiger partial charge in [-0.1, -0.05) is 11.6 Å². The summed E-state index contributed by atoms with van der Waals surface area (Å²) < 4.78 is 38.9. The summed E-state index contributed by atoms with van der Waals surface area (Å²) in [4.78, 5) is 11.2. The number of Topliss-reactive ketones (excluding diaryl/α,β-unsaturated/α-hetero) is 1. The van der Waals surface area contributed by atoms with Gasteiger partial charge in [-0.05, 0) is 12.6 Å². The van der Waals surface area contributed by atoms with Crippen molar-refractivity contribution in [1.29, 1.82) is 0 Å². The van der Waals surface area contributed by atoms with Gasteiger partial charge in [-0.2, -0.15) is 0 Å². The van der Waals surface area contributed by atoms with Crippen LogP contribution in [0.25, 0.3) is 0 Å². The van der Waals surface area contributed by atoms with Gasteiger partial charge in [0.15, 0.2) is 17.4 Å². The van der Waals surface area contributed by atoms with E-state index >= 15 is 0 Å². The van der Waals surface area contributed by atoms with Crippen LogP contribution in [0.4, 0.5) is 13.2 Å². The molecule has 1 aromatic rings. The van der Waals surface area contributed by atoms with Crippen LogP contribution in [0, 0.1) is 17.5 Å². The van der Waals surface area contributed by atoms with Crippen LogP contribution in [-0.4, -0.2) is 12.3 Å². The second-order valence-electron chi connectivity index (χ2n) is 2.81. The standard InChI is InChI=1S/C9H7ClF3NO/c10-7-5(11)3-4(6(15)1-2-14)8(12)9(7)13/h3H,1-2,14H2. The summed E-state index contributed by atoms with van der Waals surface area (Å²) in [6.45, 7) is -0.0237. The highest BCUT2D eigenvalue weighted by Gasteiger charge is 2.21. The Morgan fingerprint density at radius 1 is 1.33 bits per heavy atom. The smallest absolute Gasteiger partial charge is 0.181 e. The Morgan fingerprint density at radius 3 is 2.47 bits per heavy atom. The van der Waals surface area contributed by atoms with Crippen molar-refractivity contribution >= 4 is 17.4 Å². The van der Waals surface area contributed by atoms with E-state index in [-0.39, 0.29) is 13.0 Å². The van der Waals surface area contributed by atoms with Crippen LogP contribution in [0.15, 0.2) is 6.07 Å². The molecule has 0 unspecified atom stereocenters. The van der Waals surface area contributed by atoms with E-state index in [0.29, 0.717) is 6.07 Å². The van der Waals surface area contributed by atoms with Gasteiger partial charge in [-0.25, -0.2) is 13.2 Å². The molecule has 0 saturated carbocycles. The fraction of sp³-hybridized carbons (Fsp3) is 0.222. The quantitative estimate of drug-likeness (QED) is 0.498. The topological polar surface area (TPSA) is 43.1 Å². The number of ketones is 1. The molecule has 15 heavy (non-hydrogen) atoms. The van der Waals surface area contributed by atoms with Crippen molar-refractivity contribution in [1.82, 2.24) is 0 Å². The Morgan fingerprint density at radius 2 is 1.93 bits per heavy atom. The Bertz CT molecular complexity index is 409. The van der Waals surface area contributed by atoms with E-state index < -0.39 is 33.8 Å². The predicted molar refractivity (Wildman–Crippen MR) is 49.3 cm³/mol. The highest BCUT2D eigenvalue weighted by molar-refractivity contribution is 6.31. The number of benzene rings is 1. The summed E-state index contributed by atoms with van der Waals surface area (Å²) in [5.74, 6) is -4.93. The molecule has 0 bridgehead atoms. The second kappa shape index (κ2) is 4.63. The van der Waals surface area contributed by atoms with E-state index in [2.05, 4.69) is 0 Å². The van der Waals surface area contributed by atoms with E-state index in [1.54, 1.807) is 0 Å². The van der Waals surface area contributed by atoms with Crippen molar-refractivity contribution < 1.29 is 18.0 Å². The van der Waals surface area contributed by atoms with Crippen LogP contribution >= 0.6 is 11.6 Å². The number of carbonyl (C=O) groups excluding carboxylic acids is 1. The molecule has 0 amide bonds. The molecule has 0 saturated heterocycles. The van der Waals surface area contributed by atoms with Crippen LogP contribution < -0.4 is 5.73 Å². The normalized spacial score (nSPS) is 10.5. The number of hydrogen-bond acceptors (Lipinski definition) is 2. The molecule has 1 aromatic carbocycles. The maximum Gasteiger partial charge on any atom is 0.181 e. The fourth-order valence-electron chi connectivity index (χ4n) is 1.04. The van der Waals surface area contributed by atoms with E-state index in [4.69, 9.17) is 17.3 Å². The van der Waals surface area contributed by atoms with Gasteiger partial charge in [0.1, 0.15) is 10.8 Å². The Kier molecular flexibility index (Phi) is 3.71. The van der Waals surface area contributed by atoms with Gasteiger partial charge in [0.2, 0.25) is 0 Å². The molecule has 0 aliphatic rings. The predicted octanol–water partition coefficient (Wildman–Crippen LogP) is 2.29. The minimum atomic E-state index is -1.56. The molecular formula is C9H7ClF3NO. The van der Waals surface area contributed by atoms with Crippen molar-refractivity contribution in [3.8, 4) is 0 Å². The minimum Gasteiger partial charge on any atom is -0.330 e. The Balaban J connectivity index is 3.26. The largest absolute Gasteiger partial charge is 0.330 e. The molecular weight excluding hydrogens is 231 g/mol. The SMILES string of the molecule is NCCC(=O)c1cc(F)c(Cl)c(F)c1F. The molecule has 0 aromatic heterocycles. The van der Waals surface area contributed by atoms with Gasteiger partial charge >= 0.3 is 0 Å². The molecule has 0 radical (unpaired) electrons. The van der Waals surface area contributed by atoms with E-state index in [1.165, 1.54) is 0 Å². The molecule has 0 atom stereocenters. The van der Waals surface area contributed by atoms with Crippen molar-refractivity contribution in [3.05, 3.63) is 34.1 Å². The first-order valence-electron chi connectivity index (χ1n) is 4.05. The van der Waals surface area contributed by atoms with Crippen LogP contribution in [0.3, 0.4) is 0 Å². The molecule has 0 heterocycles. The number of carbonyl (C=O) groups is 1. The molecule has 0 spiro atoms. The van der Waals surface area contributed by atoms with Crippen LogP contribution in [0.2, 0.25) is 5.02 Å². The Labute approximate surface area is 88.8 Å². The lowest BCUT2D eigenvalue weighted by atomic mass is 10.1. The van der Waals surface area contributed by atoms with E-state index in [1.807, 2.05) is 0 Å². The molecule has 2 N–H and O–H groups in total. The summed E-state index contributed by atoms with van der Waals surface area (Å²) in [7, 11) is 0. The summed E-state index contributed by atoms with van der Waals surface area (Å²) in [5, 5.41) is -0.961. The molecule has 0 aliphatic carbocycles. The number of hydrogen-bond donors (Lipinski definition) is 1. The van der Waals surface area contributed by atoms with Gasteiger partial charge in [-0.3, -0.25) is 4.79 Å². The zero-order valence-electron chi connectivity index (χ0n) is 7.49. The van der Waals surface area contributed by atoms with E-state index in [9.17, 15) is 18.0 Å². The minimum absolute atomic E-state index is 0.0237. The van der Waals surface area contributed by atoms with Gasteiger partial charge < -0.3 is 5.73 Å². The summed E-state index contributed by atoms with van der Waals surface area (Å²) >= 11 is 5.11. The van der Waals surface area contributed by atoms with Crippen molar-refractivity contribution in [2.45, 2.75) is 6.42 Å². The third-order valence-corrected chi connectivity index (χ3v) is 2.12. The van der Waals surface area contributed by atoms with E-state index in [0.717, 1.165) is 0 Å². The van der Waals surface area contributed by atoms with Crippen LogP contribution in [-0.2, 0) is 0 Å². The van der Waals surface area contributed by atoms with Crippen molar-refractivity contribution in [2.24, 2.45) is 5.73 Å². The molecule has 2 nitrogen and oxygen atoms in total. The summed E-state index contributed by atoms with van der Waals surface area (Å²) in [6, 6.07) is 0.568. The molecule has 0 aliphatic heterocycles. The van der Waals surface area contributed by atoms with Crippen LogP contribution in [0.1, 0.15) is 16.8 Å². The molecule has 1 rings (SSSR count). The highest BCUT2D eigenvalue weighted by atomic mass is 35.5. The van der Waals surface area contributed by atoms with Gasteiger partial charge in [0.05, 0.1) is 5.56 Å². The number of nitrogens with two attached hydrogens (primary N) is 1. The Hall–Kier alpha value is -1.07. The third kappa shape index (κ3) is 2.30. The first-order valence-corrected chi connectivity index (χ1v) is 4.43. The lowest BCUT2D eigenvalue weighted by Crippen LogP contribution is -2.11. The maximum absolute atomic E-state index is 13.1. The maximum atomic E-state index is 13.1. The average molecular weight is 238 g/mol. The average Bonchev–Trinajstić information content (AvgIpc) is 2.20. The molecule has 82 valence electrons. The van der Waals surface area contributed by atoms with Crippen molar-refractivity contribution in [3.63, 3.8) is 0 Å². The summed E-state index contributed by atoms with van der Waals surface area (Å²) in [5.41, 5.74) is 4.40. The number of halogens is 4. The van der Waals surface area contributed by atoms with Gasteiger partial charge in [0.25, 0.3) is 0 Å². The molecule has 0 fully saturated rings. The second-order valence-corrected chi connectivity index (χ2v) is 3.19.